The molecular formula is C37H28Cl4F2N2O4. The molecule has 252 valence electrons. The molecule has 0 aromatic heterocycles. The lowest BCUT2D eigenvalue weighted by molar-refractivity contribution is 0.0723. The number of nitrogens with zero attached hydrogens (tertiary/aromatic N) is 2. The van der Waals surface area contributed by atoms with Crippen molar-refractivity contribution in [2.75, 3.05) is 0 Å². The second-order valence-corrected chi connectivity index (χ2v) is 13.2. The summed E-state index contributed by atoms with van der Waals surface area (Å²) in [6, 6.07) is 22.2. The number of phenolic OH excluding ortho intramolecular Hbond substituents is 2. The minimum absolute atomic E-state index is 0.0467. The maximum absolute atomic E-state index is 13.9. The van der Waals surface area contributed by atoms with E-state index in [0.717, 1.165) is 5.56 Å². The summed E-state index contributed by atoms with van der Waals surface area (Å²) in [4.78, 5) is 30.7. The number of carbonyl (C=O) groups excluding carboxylic acids is 2. The molecule has 5 rings (SSSR count). The van der Waals surface area contributed by atoms with Gasteiger partial charge in [-0.15, -0.1) is 0 Å². The summed E-state index contributed by atoms with van der Waals surface area (Å²) in [5, 5.41) is 21.4. The van der Waals surface area contributed by atoms with E-state index in [-0.39, 0.29) is 57.4 Å². The summed E-state index contributed by atoms with van der Waals surface area (Å²) in [6.07, 6.45) is 0. The van der Waals surface area contributed by atoms with Crippen LogP contribution in [0.2, 0.25) is 20.1 Å². The molecule has 6 nitrogen and oxygen atoms in total. The monoisotopic (exact) mass is 742 g/mol. The van der Waals surface area contributed by atoms with E-state index in [4.69, 9.17) is 46.4 Å². The van der Waals surface area contributed by atoms with E-state index in [1.165, 1.54) is 58.3 Å². The van der Waals surface area contributed by atoms with Crippen LogP contribution in [0.4, 0.5) is 8.78 Å². The predicted molar refractivity (Wildman–Crippen MR) is 187 cm³/mol. The van der Waals surface area contributed by atoms with Gasteiger partial charge in [0.1, 0.15) is 23.1 Å². The highest BCUT2D eigenvalue weighted by Crippen LogP contribution is 2.34. The van der Waals surface area contributed by atoms with Gasteiger partial charge in [-0.3, -0.25) is 9.59 Å². The van der Waals surface area contributed by atoms with Crippen LogP contribution < -0.4 is 0 Å². The Kier molecular flexibility index (Phi) is 11.4. The summed E-state index contributed by atoms with van der Waals surface area (Å²) in [5.41, 5.74) is 3.23. The lowest BCUT2D eigenvalue weighted by Crippen LogP contribution is -2.31. The Balaban J connectivity index is 1.50. The maximum Gasteiger partial charge on any atom is 0.258 e. The van der Waals surface area contributed by atoms with Gasteiger partial charge in [0.25, 0.3) is 11.8 Å². The van der Waals surface area contributed by atoms with E-state index in [1.807, 2.05) is 25.1 Å². The summed E-state index contributed by atoms with van der Waals surface area (Å²) >= 11 is 24.6. The minimum atomic E-state index is -0.573. The smallest absolute Gasteiger partial charge is 0.258 e. The lowest BCUT2D eigenvalue weighted by Gasteiger charge is -2.26. The van der Waals surface area contributed by atoms with Gasteiger partial charge in [-0.05, 0) is 77.7 Å². The summed E-state index contributed by atoms with van der Waals surface area (Å²) in [6.45, 7) is 2.05. The molecule has 0 radical (unpaired) electrons. The first-order valence-electron chi connectivity index (χ1n) is 14.8. The highest BCUT2D eigenvalue weighted by Gasteiger charge is 2.25. The maximum atomic E-state index is 13.9. The summed E-state index contributed by atoms with van der Waals surface area (Å²) in [7, 11) is 0. The Morgan fingerprint density at radius 3 is 1.27 bits per heavy atom. The third kappa shape index (κ3) is 9.02. The molecule has 5 aromatic rings. The van der Waals surface area contributed by atoms with E-state index in [9.17, 15) is 28.6 Å². The van der Waals surface area contributed by atoms with Crippen molar-refractivity contribution in [2.24, 2.45) is 0 Å². The first-order chi connectivity index (χ1) is 23.3. The molecular weight excluding hydrogens is 716 g/mol. The quantitative estimate of drug-likeness (QED) is 0.149. The number of aromatic hydroxyl groups is 2. The number of hydrogen-bond donors (Lipinski definition) is 2. The molecule has 0 aliphatic rings. The van der Waals surface area contributed by atoms with Gasteiger partial charge in [0.05, 0.1) is 21.2 Å². The van der Waals surface area contributed by atoms with Gasteiger partial charge >= 0.3 is 0 Å². The van der Waals surface area contributed by atoms with Crippen LogP contribution in [-0.4, -0.2) is 31.8 Å². The van der Waals surface area contributed by atoms with Gasteiger partial charge in [0, 0.05) is 36.2 Å². The topological polar surface area (TPSA) is 81.1 Å². The second-order valence-electron chi connectivity index (χ2n) is 11.5. The first-order valence-corrected chi connectivity index (χ1v) is 16.3. The van der Waals surface area contributed by atoms with Crippen LogP contribution in [0.15, 0.2) is 91.0 Å². The van der Waals surface area contributed by atoms with Crippen molar-refractivity contribution >= 4 is 58.2 Å². The van der Waals surface area contributed by atoms with Gasteiger partial charge in [0.2, 0.25) is 0 Å². The second kappa shape index (κ2) is 15.5. The van der Waals surface area contributed by atoms with Crippen molar-refractivity contribution in [3.8, 4) is 11.5 Å². The van der Waals surface area contributed by atoms with Crippen LogP contribution in [0, 0.1) is 18.6 Å². The molecule has 2 N–H and O–H groups in total. The van der Waals surface area contributed by atoms with Gasteiger partial charge in [-0.2, -0.15) is 0 Å². The zero-order chi connectivity index (χ0) is 35.4. The molecule has 0 spiro atoms. The Hall–Kier alpha value is -4.34. The van der Waals surface area contributed by atoms with Gasteiger partial charge in [0.15, 0.2) is 0 Å². The summed E-state index contributed by atoms with van der Waals surface area (Å²) < 4.78 is 27.4. The molecule has 5 aromatic carbocycles. The average molecular weight is 744 g/mol. The number of rotatable bonds is 10. The normalized spacial score (nSPS) is 11.0. The molecule has 0 aliphatic carbocycles. The number of carbonyl (C=O) groups is 2. The van der Waals surface area contributed by atoms with Crippen molar-refractivity contribution in [3.63, 3.8) is 0 Å². The number of halogens is 6. The van der Waals surface area contributed by atoms with Crippen LogP contribution in [0.3, 0.4) is 0 Å². The Morgan fingerprint density at radius 2 is 0.898 bits per heavy atom. The molecule has 0 atom stereocenters. The number of amides is 2. The number of hydrogen-bond acceptors (Lipinski definition) is 4. The van der Waals surface area contributed by atoms with Gasteiger partial charge in [-0.25, -0.2) is 8.78 Å². The largest absolute Gasteiger partial charge is 0.506 e. The number of aryl methyl sites for hydroxylation is 1. The molecule has 2 amide bonds. The molecule has 0 saturated heterocycles. The fourth-order valence-electron chi connectivity index (χ4n) is 5.39. The highest BCUT2D eigenvalue weighted by atomic mass is 35.5. The fourth-order valence-corrected chi connectivity index (χ4v) is 6.38. The van der Waals surface area contributed by atoms with E-state index < -0.39 is 34.9 Å². The van der Waals surface area contributed by atoms with Crippen molar-refractivity contribution < 1.29 is 28.6 Å². The molecule has 12 heteroatoms. The average Bonchev–Trinajstić information content (AvgIpc) is 3.05. The Morgan fingerprint density at radius 1 is 0.551 bits per heavy atom. The van der Waals surface area contributed by atoms with Crippen LogP contribution in [-0.2, 0) is 26.2 Å². The number of benzene rings is 5. The third-order valence-electron chi connectivity index (χ3n) is 7.61. The van der Waals surface area contributed by atoms with Gasteiger partial charge < -0.3 is 20.0 Å². The minimum Gasteiger partial charge on any atom is -0.506 e. The zero-order valence-corrected chi connectivity index (χ0v) is 28.9. The third-order valence-corrected chi connectivity index (χ3v) is 8.62. The van der Waals surface area contributed by atoms with Crippen molar-refractivity contribution in [1.82, 2.24) is 9.80 Å². The van der Waals surface area contributed by atoms with Crippen molar-refractivity contribution in [2.45, 2.75) is 33.1 Å². The molecule has 49 heavy (non-hydrogen) atoms. The van der Waals surface area contributed by atoms with Crippen LogP contribution in [0.5, 0.6) is 11.5 Å². The standard InChI is InChI=1S/C37H28Cl4F2N2O4/c1-21-10-24(19-44(17-22-2-6-28(42)7-3-22)36(48)30-13-26(38)15-32(40)34(30)46)12-25(11-21)20-45(18-23-4-8-29(43)9-5-23)37(49)31-14-27(39)16-33(41)35(31)47/h2-16,46-47H,17-20H2,1H3. The first kappa shape index (κ1) is 36.0. The molecule has 0 heterocycles. The lowest BCUT2D eigenvalue weighted by atomic mass is 10.0. The molecule has 0 fully saturated rings. The Labute approximate surface area is 301 Å². The van der Waals surface area contributed by atoms with E-state index in [1.54, 1.807) is 24.3 Å². The fraction of sp³-hybridized carbons (Fsp3) is 0.135. The summed E-state index contributed by atoms with van der Waals surface area (Å²) in [5.74, 6) is -2.87. The van der Waals surface area contributed by atoms with Gasteiger partial charge in [-0.1, -0.05) is 94.4 Å². The molecule has 0 saturated carbocycles. The highest BCUT2D eigenvalue weighted by molar-refractivity contribution is 6.37. The van der Waals surface area contributed by atoms with E-state index in [0.29, 0.717) is 22.3 Å². The molecule has 0 bridgehead atoms. The molecule has 0 unspecified atom stereocenters. The molecule has 0 aliphatic heterocycles. The predicted octanol–water partition coefficient (Wildman–Crippen LogP) is 9.98. The van der Waals surface area contributed by atoms with Crippen LogP contribution in [0.25, 0.3) is 0 Å². The van der Waals surface area contributed by atoms with Crippen LogP contribution >= 0.6 is 46.4 Å². The van der Waals surface area contributed by atoms with Crippen molar-refractivity contribution in [3.05, 3.63) is 162 Å². The Bertz CT molecular complexity index is 1880. The van der Waals surface area contributed by atoms with Crippen molar-refractivity contribution in [1.29, 1.82) is 0 Å². The van der Waals surface area contributed by atoms with E-state index >= 15 is 0 Å². The SMILES string of the molecule is Cc1cc(CN(Cc2ccc(F)cc2)C(=O)c2cc(Cl)cc(Cl)c2O)cc(CN(Cc2ccc(F)cc2)C(=O)c2cc(Cl)cc(Cl)c2O)c1. The number of phenols is 2. The van der Waals surface area contributed by atoms with E-state index in [2.05, 4.69) is 0 Å². The van der Waals surface area contributed by atoms with Crippen LogP contribution in [0.1, 0.15) is 48.5 Å². The zero-order valence-electron chi connectivity index (χ0n) is 25.9.